The van der Waals surface area contributed by atoms with Gasteiger partial charge in [0, 0.05) is 18.8 Å². The van der Waals surface area contributed by atoms with Crippen LogP contribution in [0, 0.1) is 0 Å². The van der Waals surface area contributed by atoms with Crippen LogP contribution >= 0.6 is 0 Å². The van der Waals surface area contributed by atoms with E-state index in [2.05, 4.69) is 10.6 Å². The maximum Gasteiger partial charge on any atom is 0.321 e. The Hall–Kier alpha value is -2.57. The number of urea groups is 1. The zero-order valence-electron chi connectivity index (χ0n) is 13.0. The second-order valence-electron chi connectivity index (χ2n) is 5.76. The second-order valence-corrected chi connectivity index (χ2v) is 5.76. The lowest BCUT2D eigenvalue weighted by Crippen LogP contribution is -2.69. The Morgan fingerprint density at radius 2 is 2.00 bits per heavy atom. The molecule has 2 aliphatic rings. The highest BCUT2D eigenvalue weighted by Gasteiger charge is 2.43. The van der Waals surface area contributed by atoms with Crippen LogP contribution in [0.15, 0.2) is 30.3 Å². The minimum absolute atomic E-state index is 0.0554. The first kappa shape index (κ1) is 15.3. The summed E-state index contributed by atoms with van der Waals surface area (Å²) in [5, 5.41) is 5.54. The first-order valence-electron chi connectivity index (χ1n) is 7.82. The first-order chi connectivity index (χ1) is 11.1. The average molecular weight is 316 g/mol. The third-order valence-electron chi connectivity index (χ3n) is 4.30. The van der Waals surface area contributed by atoms with Crippen LogP contribution in [0.4, 0.5) is 10.5 Å². The van der Waals surface area contributed by atoms with Gasteiger partial charge in [-0.15, -0.1) is 0 Å². The van der Waals surface area contributed by atoms with E-state index < -0.39 is 12.1 Å². The van der Waals surface area contributed by atoms with Gasteiger partial charge in [0.25, 0.3) is 0 Å². The van der Waals surface area contributed by atoms with Crippen molar-refractivity contribution < 1.29 is 14.4 Å². The van der Waals surface area contributed by atoms with Gasteiger partial charge in [0.05, 0.1) is 6.54 Å². The molecule has 23 heavy (non-hydrogen) atoms. The fraction of sp³-hybridized carbons (Fsp3) is 0.438. The number of carbonyl (C=O) groups excluding carboxylic acids is 3. The largest absolute Gasteiger partial charge is 0.342 e. The van der Waals surface area contributed by atoms with Crippen LogP contribution in [0.25, 0.3) is 0 Å². The molecule has 4 amide bonds. The van der Waals surface area contributed by atoms with Crippen molar-refractivity contribution >= 4 is 23.5 Å². The summed E-state index contributed by atoms with van der Waals surface area (Å²) in [6.45, 7) is 2.89. The number of amides is 4. The zero-order chi connectivity index (χ0) is 16.4. The van der Waals surface area contributed by atoms with Gasteiger partial charge in [-0.3, -0.25) is 9.59 Å². The van der Waals surface area contributed by atoms with Crippen LogP contribution in [0.3, 0.4) is 0 Å². The molecule has 0 saturated carbocycles. The summed E-state index contributed by atoms with van der Waals surface area (Å²) in [4.78, 5) is 40.0. The lowest BCUT2D eigenvalue weighted by Gasteiger charge is -2.45. The predicted octanol–water partition coefficient (Wildman–Crippen LogP) is 0.640. The van der Waals surface area contributed by atoms with Crippen molar-refractivity contribution in [3.8, 4) is 0 Å². The van der Waals surface area contributed by atoms with Crippen molar-refractivity contribution in [2.75, 3.05) is 25.0 Å². The number of fused-ring (bicyclic) bond motifs is 1. The Labute approximate surface area is 134 Å². The molecule has 122 valence electrons. The van der Waals surface area contributed by atoms with E-state index in [0.29, 0.717) is 25.2 Å². The van der Waals surface area contributed by atoms with Crippen LogP contribution in [0.1, 0.15) is 13.3 Å². The zero-order valence-corrected chi connectivity index (χ0v) is 13.0. The first-order valence-corrected chi connectivity index (χ1v) is 7.82. The van der Waals surface area contributed by atoms with Crippen LogP contribution < -0.4 is 10.6 Å². The Bertz CT molecular complexity index is 619. The highest BCUT2D eigenvalue weighted by atomic mass is 16.2. The highest BCUT2D eigenvalue weighted by molar-refractivity contribution is 5.98. The van der Waals surface area contributed by atoms with E-state index in [4.69, 9.17) is 0 Å². The summed E-state index contributed by atoms with van der Waals surface area (Å²) in [6, 6.07) is 7.86. The molecule has 0 unspecified atom stereocenters. The van der Waals surface area contributed by atoms with Gasteiger partial charge in [0.1, 0.15) is 12.1 Å². The van der Waals surface area contributed by atoms with E-state index in [-0.39, 0.29) is 24.4 Å². The molecule has 0 spiro atoms. The molecular weight excluding hydrogens is 296 g/mol. The number of piperazine rings is 2. The highest BCUT2D eigenvalue weighted by Crippen LogP contribution is 2.18. The number of carbonyl (C=O) groups is 3. The van der Waals surface area contributed by atoms with Crippen molar-refractivity contribution in [2.45, 2.75) is 25.4 Å². The van der Waals surface area contributed by atoms with Crippen LogP contribution in [-0.4, -0.2) is 59.4 Å². The van der Waals surface area contributed by atoms with Gasteiger partial charge >= 0.3 is 6.03 Å². The molecular formula is C16H20N4O3. The van der Waals surface area contributed by atoms with E-state index in [1.807, 2.05) is 25.1 Å². The number of para-hydroxylation sites is 1. The van der Waals surface area contributed by atoms with Gasteiger partial charge in [0.2, 0.25) is 11.8 Å². The summed E-state index contributed by atoms with van der Waals surface area (Å²) in [6.07, 6.45) is 0.575. The fourth-order valence-corrected chi connectivity index (χ4v) is 2.99. The predicted molar refractivity (Wildman–Crippen MR) is 84.8 cm³/mol. The SMILES string of the molecule is CC[C@@H]1NC(=O)[C@H]2CN(C(=O)Nc3ccccc3)CCN2C1=O. The minimum atomic E-state index is -0.597. The molecule has 2 saturated heterocycles. The molecule has 0 radical (unpaired) electrons. The van der Waals surface area contributed by atoms with E-state index >= 15 is 0 Å². The normalized spacial score (nSPS) is 24.0. The number of hydrogen-bond acceptors (Lipinski definition) is 3. The molecule has 7 nitrogen and oxygen atoms in total. The maximum atomic E-state index is 12.3. The molecule has 0 aliphatic carbocycles. The quantitative estimate of drug-likeness (QED) is 0.840. The second kappa shape index (κ2) is 6.28. The van der Waals surface area contributed by atoms with Gasteiger partial charge in [-0.1, -0.05) is 25.1 Å². The van der Waals surface area contributed by atoms with Crippen molar-refractivity contribution in [1.29, 1.82) is 0 Å². The van der Waals surface area contributed by atoms with E-state index in [9.17, 15) is 14.4 Å². The molecule has 2 fully saturated rings. The molecule has 0 bridgehead atoms. The summed E-state index contributed by atoms with van der Waals surface area (Å²) in [5.41, 5.74) is 0.704. The number of nitrogens with zero attached hydrogens (tertiary/aromatic N) is 2. The maximum absolute atomic E-state index is 12.3. The fourth-order valence-electron chi connectivity index (χ4n) is 2.99. The summed E-state index contributed by atoms with van der Waals surface area (Å²) in [7, 11) is 0. The topological polar surface area (TPSA) is 81.8 Å². The molecule has 1 aromatic carbocycles. The number of rotatable bonds is 2. The van der Waals surface area contributed by atoms with Crippen molar-refractivity contribution in [1.82, 2.24) is 15.1 Å². The number of nitrogens with one attached hydrogen (secondary N) is 2. The number of benzene rings is 1. The van der Waals surface area contributed by atoms with Gasteiger partial charge in [-0.05, 0) is 18.6 Å². The summed E-state index contributed by atoms with van der Waals surface area (Å²) < 4.78 is 0. The monoisotopic (exact) mass is 316 g/mol. The Balaban J connectivity index is 1.67. The third kappa shape index (κ3) is 2.99. The number of hydrogen-bond donors (Lipinski definition) is 2. The molecule has 1 aromatic rings. The van der Waals surface area contributed by atoms with E-state index in [1.165, 1.54) is 0 Å². The summed E-state index contributed by atoms with van der Waals surface area (Å²) in [5.74, 6) is -0.242. The van der Waals surface area contributed by atoms with Gasteiger partial charge < -0.3 is 20.4 Å². The standard InChI is InChI=1S/C16H20N4O3/c1-2-12-15(22)20-9-8-19(10-13(20)14(21)18-12)16(23)17-11-6-4-3-5-7-11/h3-7,12-13H,2,8-10H2,1H3,(H,17,23)(H,18,21)/t12-,13+/m0/s1. The average Bonchev–Trinajstić information content (AvgIpc) is 2.58. The van der Waals surface area contributed by atoms with Crippen molar-refractivity contribution in [2.24, 2.45) is 0 Å². The van der Waals surface area contributed by atoms with Gasteiger partial charge in [-0.25, -0.2) is 4.79 Å². The van der Waals surface area contributed by atoms with Crippen molar-refractivity contribution in [3.63, 3.8) is 0 Å². The summed E-state index contributed by atoms with van der Waals surface area (Å²) >= 11 is 0. The van der Waals surface area contributed by atoms with Crippen LogP contribution in [0.5, 0.6) is 0 Å². The Morgan fingerprint density at radius 3 is 2.70 bits per heavy atom. The molecule has 2 atom stereocenters. The molecule has 2 heterocycles. The molecule has 0 aromatic heterocycles. The third-order valence-corrected chi connectivity index (χ3v) is 4.30. The molecule has 7 heteroatoms. The Kier molecular flexibility index (Phi) is 4.18. The van der Waals surface area contributed by atoms with Crippen molar-refractivity contribution in [3.05, 3.63) is 30.3 Å². The van der Waals surface area contributed by atoms with E-state index in [1.54, 1.807) is 21.9 Å². The van der Waals surface area contributed by atoms with Gasteiger partial charge in [0.15, 0.2) is 0 Å². The Morgan fingerprint density at radius 1 is 1.26 bits per heavy atom. The van der Waals surface area contributed by atoms with Crippen LogP contribution in [-0.2, 0) is 9.59 Å². The smallest absolute Gasteiger partial charge is 0.321 e. The molecule has 2 aliphatic heterocycles. The number of anilines is 1. The van der Waals surface area contributed by atoms with Gasteiger partial charge in [-0.2, -0.15) is 0 Å². The van der Waals surface area contributed by atoms with Crippen LogP contribution in [0.2, 0.25) is 0 Å². The molecule has 3 rings (SSSR count). The lowest BCUT2D eigenvalue weighted by molar-refractivity contribution is -0.152. The molecule has 2 N–H and O–H groups in total. The minimum Gasteiger partial charge on any atom is -0.342 e. The lowest BCUT2D eigenvalue weighted by atomic mass is 10.0. The van der Waals surface area contributed by atoms with E-state index in [0.717, 1.165) is 0 Å².